The Bertz CT molecular complexity index is 381. The Kier molecular flexibility index (Phi) is 12.5. The minimum atomic E-state index is -0.333. The second-order valence-corrected chi connectivity index (χ2v) is 4.22. The molecule has 4 heteroatoms. The summed E-state index contributed by atoms with van der Waals surface area (Å²) >= 11 is 0. The maximum absolute atomic E-state index is 11.2. The van der Waals surface area contributed by atoms with Crippen molar-refractivity contribution in [3.63, 3.8) is 0 Å². The summed E-state index contributed by atoms with van der Waals surface area (Å²) in [5, 5.41) is 0. The highest BCUT2D eigenvalue weighted by atomic mass is 16.5. The summed E-state index contributed by atoms with van der Waals surface area (Å²) in [5.41, 5.74) is 6.88. The van der Waals surface area contributed by atoms with Gasteiger partial charge in [0.05, 0.1) is 13.0 Å². The number of benzene rings is 1. The lowest BCUT2D eigenvalue weighted by Gasteiger charge is -2.08. The van der Waals surface area contributed by atoms with E-state index in [2.05, 4.69) is 34.7 Å². The minimum Gasteiger partial charge on any atom is -0.469 e. The van der Waals surface area contributed by atoms with Gasteiger partial charge in [0.1, 0.15) is 0 Å². The largest absolute Gasteiger partial charge is 0.469 e. The number of primary amides is 1. The number of carbonyl (C=O) groups is 2. The molecule has 1 atom stereocenters. The lowest BCUT2D eigenvalue weighted by atomic mass is 10.0. The van der Waals surface area contributed by atoms with Crippen LogP contribution in [0, 0.1) is 12.8 Å². The standard InChI is InChI=1S/C12H16O2.C2H5NO.C2H6/c1-9-4-6-11(7-5-9)8-10(2)12(13)14-3;1-2(3)4;1-2/h4-7,10H,8H2,1-3H3;1H3,(H2,3,4);1-2H3. The number of amides is 1. The molecular weight excluding hydrogens is 254 g/mol. The number of hydrogen-bond donors (Lipinski definition) is 1. The molecule has 0 saturated heterocycles. The van der Waals surface area contributed by atoms with Crippen LogP contribution in [0.3, 0.4) is 0 Å². The van der Waals surface area contributed by atoms with E-state index in [4.69, 9.17) is 0 Å². The summed E-state index contributed by atoms with van der Waals surface area (Å²) in [6.45, 7) is 9.24. The molecule has 114 valence electrons. The summed E-state index contributed by atoms with van der Waals surface area (Å²) < 4.78 is 4.67. The van der Waals surface area contributed by atoms with E-state index in [-0.39, 0.29) is 17.8 Å². The van der Waals surface area contributed by atoms with E-state index in [1.807, 2.05) is 27.7 Å². The maximum atomic E-state index is 11.2. The fourth-order valence-corrected chi connectivity index (χ4v) is 1.36. The molecule has 0 fully saturated rings. The van der Waals surface area contributed by atoms with Gasteiger partial charge in [-0.05, 0) is 18.9 Å². The molecule has 2 N–H and O–H groups in total. The Morgan fingerprint density at radius 3 is 1.95 bits per heavy atom. The van der Waals surface area contributed by atoms with E-state index >= 15 is 0 Å². The molecule has 0 radical (unpaired) electrons. The van der Waals surface area contributed by atoms with E-state index in [9.17, 15) is 9.59 Å². The number of rotatable bonds is 3. The summed E-state index contributed by atoms with van der Waals surface area (Å²) in [7, 11) is 1.42. The van der Waals surface area contributed by atoms with Gasteiger partial charge in [0.2, 0.25) is 5.91 Å². The van der Waals surface area contributed by atoms with Crippen LogP contribution in [0.4, 0.5) is 0 Å². The fraction of sp³-hybridized carbons (Fsp3) is 0.500. The van der Waals surface area contributed by atoms with Gasteiger partial charge in [-0.3, -0.25) is 9.59 Å². The van der Waals surface area contributed by atoms with Crippen molar-refractivity contribution in [3.05, 3.63) is 35.4 Å². The summed E-state index contributed by atoms with van der Waals surface area (Å²) in [5.74, 6) is -0.548. The average Bonchev–Trinajstić information content (AvgIpc) is 2.42. The molecule has 1 unspecified atom stereocenters. The zero-order valence-corrected chi connectivity index (χ0v) is 13.4. The van der Waals surface area contributed by atoms with Crippen LogP contribution < -0.4 is 5.73 Å². The number of carbonyl (C=O) groups excluding carboxylic acids is 2. The number of aryl methyl sites for hydroxylation is 1. The predicted octanol–water partition coefficient (Wildman–Crippen LogP) is 2.86. The van der Waals surface area contributed by atoms with Crippen LogP contribution in [-0.4, -0.2) is 19.0 Å². The average molecular weight is 281 g/mol. The monoisotopic (exact) mass is 281 g/mol. The van der Waals surface area contributed by atoms with Gasteiger partial charge >= 0.3 is 5.97 Å². The first kappa shape index (κ1) is 20.5. The highest BCUT2D eigenvalue weighted by molar-refractivity contribution is 5.72. The molecule has 0 saturated carbocycles. The molecule has 20 heavy (non-hydrogen) atoms. The molecule has 1 rings (SSSR count). The third kappa shape index (κ3) is 11.3. The molecule has 0 aliphatic rings. The van der Waals surface area contributed by atoms with E-state index in [0.29, 0.717) is 0 Å². The fourth-order valence-electron chi connectivity index (χ4n) is 1.36. The highest BCUT2D eigenvalue weighted by Crippen LogP contribution is 2.10. The predicted molar refractivity (Wildman–Crippen MR) is 82.3 cm³/mol. The quantitative estimate of drug-likeness (QED) is 0.866. The van der Waals surface area contributed by atoms with Crippen LogP contribution in [0.2, 0.25) is 0 Å². The van der Waals surface area contributed by atoms with Crippen molar-refractivity contribution in [2.24, 2.45) is 11.7 Å². The maximum Gasteiger partial charge on any atom is 0.308 e. The Labute approximate surface area is 122 Å². The first-order valence-corrected chi connectivity index (χ1v) is 6.76. The van der Waals surface area contributed by atoms with Crippen LogP contribution in [0.25, 0.3) is 0 Å². The molecule has 1 aromatic carbocycles. The zero-order chi connectivity index (χ0) is 16.1. The van der Waals surface area contributed by atoms with Crippen molar-refractivity contribution in [2.75, 3.05) is 7.11 Å². The van der Waals surface area contributed by atoms with Crippen LogP contribution in [0.1, 0.15) is 38.8 Å². The molecule has 1 amide bonds. The zero-order valence-electron chi connectivity index (χ0n) is 13.4. The molecular formula is C16H27NO3. The molecule has 0 aliphatic carbocycles. The smallest absolute Gasteiger partial charge is 0.308 e. The molecule has 1 aromatic rings. The van der Waals surface area contributed by atoms with Crippen LogP contribution >= 0.6 is 0 Å². The molecule has 0 heterocycles. The van der Waals surface area contributed by atoms with Crippen molar-refractivity contribution in [1.82, 2.24) is 0 Å². The summed E-state index contributed by atoms with van der Waals surface area (Å²) in [6, 6.07) is 8.21. The first-order valence-electron chi connectivity index (χ1n) is 6.76. The van der Waals surface area contributed by atoms with Gasteiger partial charge in [0.25, 0.3) is 0 Å². The minimum absolute atomic E-state index is 0.0669. The SMILES string of the molecule is CC.CC(N)=O.COC(=O)C(C)Cc1ccc(C)cc1. The molecule has 0 spiro atoms. The first-order chi connectivity index (χ1) is 9.36. The number of esters is 1. The van der Waals surface area contributed by atoms with Crippen LogP contribution in [0.5, 0.6) is 0 Å². The van der Waals surface area contributed by atoms with Crippen molar-refractivity contribution in [2.45, 2.75) is 41.0 Å². The summed E-state index contributed by atoms with van der Waals surface area (Å²) in [6.07, 6.45) is 0.743. The lowest BCUT2D eigenvalue weighted by Crippen LogP contribution is -2.14. The van der Waals surface area contributed by atoms with Gasteiger partial charge in [0.15, 0.2) is 0 Å². The van der Waals surface area contributed by atoms with Gasteiger partial charge in [-0.15, -0.1) is 0 Å². The van der Waals surface area contributed by atoms with Gasteiger partial charge < -0.3 is 10.5 Å². The van der Waals surface area contributed by atoms with Crippen molar-refractivity contribution in [1.29, 1.82) is 0 Å². The molecule has 0 aromatic heterocycles. The Hall–Kier alpha value is -1.84. The van der Waals surface area contributed by atoms with Gasteiger partial charge in [-0.25, -0.2) is 0 Å². The summed E-state index contributed by atoms with van der Waals surface area (Å²) in [4.78, 5) is 20.4. The lowest BCUT2D eigenvalue weighted by molar-refractivity contribution is -0.144. The van der Waals surface area contributed by atoms with Gasteiger partial charge in [0, 0.05) is 6.92 Å². The molecule has 0 aliphatic heterocycles. The number of nitrogens with two attached hydrogens (primary N) is 1. The number of methoxy groups -OCH3 is 1. The molecule has 0 bridgehead atoms. The Morgan fingerprint density at radius 1 is 1.20 bits per heavy atom. The third-order valence-electron chi connectivity index (χ3n) is 2.27. The van der Waals surface area contributed by atoms with E-state index < -0.39 is 0 Å². The van der Waals surface area contributed by atoms with Crippen molar-refractivity contribution in [3.8, 4) is 0 Å². The van der Waals surface area contributed by atoms with E-state index in [1.165, 1.54) is 25.2 Å². The highest BCUT2D eigenvalue weighted by Gasteiger charge is 2.12. The second-order valence-electron chi connectivity index (χ2n) is 4.22. The van der Waals surface area contributed by atoms with Crippen LogP contribution in [0.15, 0.2) is 24.3 Å². The van der Waals surface area contributed by atoms with Crippen molar-refractivity contribution >= 4 is 11.9 Å². The topological polar surface area (TPSA) is 69.4 Å². The number of hydrogen-bond acceptors (Lipinski definition) is 3. The van der Waals surface area contributed by atoms with E-state index in [0.717, 1.165) is 6.42 Å². The third-order valence-corrected chi connectivity index (χ3v) is 2.27. The van der Waals surface area contributed by atoms with Gasteiger partial charge in [-0.1, -0.05) is 50.6 Å². The normalized spacial score (nSPS) is 10.1. The second kappa shape index (κ2) is 12.2. The number of ether oxygens (including phenoxy) is 1. The van der Waals surface area contributed by atoms with Gasteiger partial charge in [-0.2, -0.15) is 0 Å². The Morgan fingerprint density at radius 2 is 1.60 bits per heavy atom. The molecule has 4 nitrogen and oxygen atoms in total. The Balaban J connectivity index is 0. The van der Waals surface area contributed by atoms with Crippen LogP contribution in [-0.2, 0) is 20.7 Å². The van der Waals surface area contributed by atoms with E-state index in [1.54, 1.807) is 0 Å². The van der Waals surface area contributed by atoms with Crippen molar-refractivity contribution < 1.29 is 14.3 Å².